The Hall–Kier alpha value is -6.39. The summed E-state index contributed by atoms with van der Waals surface area (Å²) in [5, 5.41) is 9.91. The average Bonchev–Trinajstić information content (AvgIpc) is 3.98. The minimum absolute atomic E-state index is 0.521. The number of rotatable bonds is 2. The Morgan fingerprint density at radius 3 is 2.39 bits per heavy atom. The summed E-state index contributed by atoms with van der Waals surface area (Å²) in [6, 6.07) is 45.7. The molecule has 5 heterocycles. The van der Waals surface area contributed by atoms with Crippen molar-refractivity contribution in [1.82, 2.24) is 9.24 Å². The van der Waals surface area contributed by atoms with Crippen molar-refractivity contribution >= 4 is 71.1 Å². The summed E-state index contributed by atoms with van der Waals surface area (Å²) in [6.07, 6.45) is 12.0. The van der Waals surface area contributed by atoms with Crippen LogP contribution in [0.4, 0.5) is 5.69 Å². The van der Waals surface area contributed by atoms with Crippen molar-refractivity contribution in [2.24, 2.45) is 0 Å². The molecule has 0 N–H and O–H groups in total. The number of para-hydroxylation sites is 2. The highest BCUT2D eigenvalue weighted by Gasteiger charge is 2.51. The molecule has 238 valence electrons. The number of amidine groups is 1. The van der Waals surface area contributed by atoms with Crippen molar-refractivity contribution in [3.63, 3.8) is 0 Å². The van der Waals surface area contributed by atoms with E-state index < -0.39 is 5.41 Å². The third-order valence-corrected chi connectivity index (χ3v) is 12.5. The van der Waals surface area contributed by atoms with Crippen molar-refractivity contribution in [3.8, 4) is 16.8 Å². The van der Waals surface area contributed by atoms with Gasteiger partial charge in [-0.3, -0.25) is 0 Å². The summed E-state index contributed by atoms with van der Waals surface area (Å²) in [5.74, 6) is 0.900. The summed E-state index contributed by atoms with van der Waals surface area (Å²) in [4.78, 5) is 2.26. The number of hydrogen-bond donors (Lipinski definition) is 0. The normalized spacial score (nSPS) is 17.6. The fourth-order valence-electron chi connectivity index (χ4n) is 9.42. The fourth-order valence-corrected chi connectivity index (χ4v) is 10.7. The molecule has 1 aliphatic carbocycles. The molecule has 51 heavy (non-hydrogen) atoms. The zero-order valence-electron chi connectivity index (χ0n) is 27.4. The van der Waals surface area contributed by atoms with Gasteiger partial charge in [-0.25, -0.2) is 4.67 Å². The molecular weight excluding hydrogens is 641 g/mol. The maximum Gasteiger partial charge on any atom is 0.379 e. The molecule has 1 unspecified atom stereocenters. The van der Waals surface area contributed by atoms with Gasteiger partial charge in [0.1, 0.15) is 5.69 Å². The van der Waals surface area contributed by atoms with Crippen molar-refractivity contribution < 1.29 is 0 Å². The molecule has 12 rings (SSSR count). The highest BCUT2D eigenvalue weighted by atomic mass is 32.1. The van der Waals surface area contributed by atoms with Gasteiger partial charge < -0.3 is 9.88 Å². The molecule has 6 aromatic carbocycles. The molecule has 4 nitrogen and oxygen atoms in total. The van der Waals surface area contributed by atoms with Gasteiger partial charge in [0.2, 0.25) is 0 Å². The zero-order valence-corrected chi connectivity index (χ0v) is 28.2. The van der Waals surface area contributed by atoms with Crippen molar-refractivity contribution in [3.05, 3.63) is 185 Å². The Balaban J connectivity index is 1.25. The number of anilines is 1. The van der Waals surface area contributed by atoms with Gasteiger partial charge in [-0.15, -0.1) is 11.3 Å². The van der Waals surface area contributed by atoms with Crippen LogP contribution in [0.5, 0.6) is 0 Å². The second-order valence-electron chi connectivity index (χ2n) is 13.7. The van der Waals surface area contributed by atoms with E-state index >= 15 is 0 Å². The van der Waals surface area contributed by atoms with E-state index in [1.807, 2.05) is 35.9 Å². The van der Waals surface area contributed by atoms with Crippen LogP contribution in [0, 0.1) is 0 Å². The van der Waals surface area contributed by atoms with E-state index in [0.717, 1.165) is 17.2 Å². The van der Waals surface area contributed by atoms with Crippen molar-refractivity contribution in [2.75, 3.05) is 11.4 Å². The van der Waals surface area contributed by atoms with Crippen LogP contribution in [0.25, 0.3) is 64.1 Å². The van der Waals surface area contributed by atoms with Crippen LogP contribution in [0.3, 0.4) is 0 Å². The van der Waals surface area contributed by atoms with Gasteiger partial charge in [0, 0.05) is 37.0 Å². The van der Waals surface area contributed by atoms with Gasteiger partial charge in [0.15, 0.2) is 6.21 Å². The second kappa shape index (κ2) is 9.86. The lowest BCUT2D eigenvalue weighted by Gasteiger charge is -2.39. The largest absolute Gasteiger partial charge is 0.684 e. The number of fused-ring (bicyclic) bond motifs is 16. The van der Waals surface area contributed by atoms with Gasteiger partial charge in [0.05, 0.1) is 33.9 Å². The predicted octanol–water partition coefficient (Wildman–Crippen LogP) is 10.5. The number of thiophene rings is 1. The predicted molar refractivity (Wildman–Crippen MR) is 215 cm³/mol. The number of allylic oxidation sites excluding steroid dienone is 3. The van der Waals surface area contributed by atoms with Crippen LogP contribution in [0.2, 0.25) is 0 Å². The number of aromatic nitrogens is 1. The van der Waals surface area contributed by atoms with Gasteiger partial charge in [-0.1, -0.05) is 97.5 Å². The smallest absolute Gasteiger partial charge is 0.379 e. The lowest BCUT2D eigenvalue weighted by molar-refractivity contribution is 0.750. The summed E-state index contributed by atoms with van der Waals surface area (Å²) < 4.78 is 9.99. The monoisotopic (exact) mass is 668 g/mol. The molecule has 4 aliphatic rings. The molecule has 1 spiro atoms. The molecular formula is C46H28N4S. The Morgan fingerprint density at radius 2 is 1.51 bits per heavy atom. The van der Waals surface area contributed by atoms with Crippen molar-refractivity contribution in [1.29, 1.82) is 0 Å². The highest BCUT2D eigenvalue weighted by Crippen LogP contribution is 2.62. The van der Waals surface area contributed by atoms with Gasteiger partial charge >= 0.3 is 5.84 Å². The van der Waals surface area contributed by atoms with E-state index in [-0.39, 0.29) is 0 Å². The maximum absolute atomic E-state index is 4.76. The quantitative estimate of drug-likeness (QED) is 0.169. The third kappa shape index (κ3) is 3.37. The second-order valence-corrected chi connectivity index (χ2v) is 14.7. The topological polar surface area (TPSA) is 36.4 Å². The maximum atomic E-state index is 4.76. The first-order valence-electron chi connectivity index (χ1n) is 17.4. The van der Waals surface area contributed by atoms with Crippen LogP contribution in [-0.4, -0.2) is 23.2 Å². The Labute approximate surface area is 297 Å². The molecule has 2 aromatic heterocycles. The molecule has 0 bridgehead atoms. The van der Waals surface area contributed by atoms with E-state index in [0.29, 0.717) is 6.54 Å². The van der Waals surface area contributed by atoms with E-state index in [4.69, 9.17) is 4.67 Å². The highest BCUT2D eigenvalue weighted by molar-refractivity contribution is 7.26. The van der Waals surface area contributed by atoms with Crippen LogP contribution in [0.15, 0.2) is 158 Å². The van der Waals surface area contributed by atoms with E-state index in [1.54, 1.807) is 0 Å². The summed E-state index contributed by atoms with van der Waals surface area (Å²) in [7, 11) is 0. The minimum Gasteiger partial charge on any atom is -0.684 e. The van der Waals surface area contributed by atoms with Gasteiger partial charge in [0.25, 0.3) is 0 Å². The first-order valence-corrected chi connectivity index (χ1v) is 18.3. The SMILES string of the molecule is C1=C[N-]CC(N(C2=[N+]=CC=C2)c2ccc3c(c2)-c2ccccc2C32c3ccccc3-n3c4ccccc4c4c5sc6ccccc6c5cc2c43)=C1. The van der Waals surface area contributed by atoms with Crippen LogP contribution < -0.4 is 9.57 Å². The molecule has 0 saturated carbocycles. The van der Waals surface area contributed by atoms with Crippen LogP contribution >= 0.6 is 11.3 Å². The molecule has 8 aromatic rings. The van der Waals surface area contributed by atoms with Crippen LogP contribution in [-0.2, 0) is 5.41 Å². The van der Waals surface area contributed by atoms with Gasteiger partial charge in [-0.05, 0) is 75.9 Å². The van der Waals surface area contributed by atoms with E-state index in [2.05, 4.69) is 148 Å². The summed E-state index contributed by atoms with van der Waals surface area (Å²) in [5.41, 5.74) is 13.3. The molecule has 3 aliphatic heterocycles. The minimum atomic E-state index is -0.521. The Morgan fingerprint density at radius 1 is 0.706 bits per heavy atom. The first kappa shape index (κ1) is 27.4. The lowest BCUT2D eigenvalue weighted by Crippen LogP contribution is -2.34. The number of benzene rings is 6. The summed E-state index contributed by atoms with van der Waals surface area (Å²) in [6.45, 7) is 0.603. The van der Waals surface area contributed by atoms with Crippen LogP contribution in [0.1, 0.15) is 22.3 Å². The molecule has 5 heteroatoms. The first-order chi connectivity index (χ1) is 25.3. The third-order valence-electron chi connectivity index (χ3n) is 11.3. The number of nitrogens with zero attached hydrogens (tertiary/aromatic N) is 4. The number of hydrogen-bond acceptors (Lipinski definition) is 2. The van der Waals surface area contributed by atoms with E-state index in [1.165, 1.54) is 81.0 Å². The van der Waals surface area contributed by atoms with Crippen molar-refractivity contribution in [2.45, 2.75) is 5.41 Å². The average molecular weight is 669 g/mol. The molecule has 0 saturated heterocycles. The molecule has 0 radical (unpaired) electrons. The fraction of sp³-hybridized carbons (Fsp3) is 0.0435. The zero-order chi connectivity index (χ0) is 33.3. The van der Waals surface area contributed by atoms with Gasteiger partial charge in [-0.2, -0.15) is 11.1 Å². The standard InChI is InChI=1S/C46H28N4S/c1-4-15-35-30(12-1)33-25-28(49(42-20-10-24-48-42)29-11-9-23-47-27-29)21-22-36(33)46(35)37-16-5-7-18-40(37)50-39-17-6-2-14-32(39)43-44(50)38(46)26-34-31-13-3-8-19-41(31)51-45(34)43/h1-26H,27H2. The molecule has 1 atom stereocenters. The Kier molecular flexibility index (Phi) is 5.30. The Bertz CT molecular complexity index is 3030. The lowest BCUT2D eigenvalue weighted by atomic mass is 9.65. The molecule has 0 fully saturated rings. The summed E-state index contributed by atoms with van der Waals surface area (Å²) >= 11 is 1.92. The molecule has 0 amide bonds. The van der Waals surface area contributed by atoms with E-state index in [9.17, 15) is 0 Å².